The fourth-order valence-corrected chi connectivity index (χ4v) is 4.39. The van der Waals surface area contributed by atoms with Crippen LogP contribution in [0.1, 0.15) is 18.4 Å². The Morgan fingerprint density at radius 3 is 2.18 bits per heavy atom. The van der Waals surface area contributed by atoms with E-state index in [1.54, 1.807) is 38.5 Å². The molecule has 9 nitrogen and oxygen atoms in total. The molecule has 0 amide bonds. The molecule has 2 saturated heterocycles. The molecule has 2 aliphatic heterocycles. The number of aromatic hydroxyl groups is 1. The predicted octanol–water partition coefficient (Wildman–Crippen LogP) is 5.49. The summed E-state index contributed by atoms with van der Waals surface area (Å²) in [5.41, 5.74) is 2.38. The molecular formula is C29H32ClN3O6. The van der Waals surface area contributed by atoms with E-state index in [4.69, 9.17) is 35.7 Å². The first-order valence-corrected chi connectivity index (χ1v) is 12.9. The maximum Gasteiger partial charge on any atom is 0.162 e. The fraction of sp³-hybridized carbons (Fsp3) is 0.310. The predicted molar refractivity (Wildman–Crippen MR) is 150 cm³/mol. The zero-order chi connectivity index (χ0) is 27.6. The molecule has 0 spiro atoms. The zero-order valence-electron chi connectivity index (χ0n) is 21.8. The standard InChI is InChI=1S/C16H14ClN3O3.C7H8O.C6H10O2/c1-22-14-6-10-12(7-15(14)23-2)18-8-19-16(10)20-9-3-4-13(21)11(17)5-9;8-6-7-4-2-1-3-5-7;1-3-7-6-2-4-8-5(1)6/h3-8,21H,1-2H3,(H,18,19,20);1-5,8H,6H2;5-6H,1-4H2/t;;5-,6-/m..1/s1. The van der Waals surface area contributed by atoms with Crippen LogP contribution in [0.2, 0.25) is 5.02 Å². The van der Waals surface area contributed by atoms with Crippen molar-refractivity contribution in [3.63, 3.8) is 0 Å². The van der Waals surface area contributed by atoms with Crippen molar-refractivity contribution in [2.45, 2.75) is 31.7 Å². The number of methoxy groups -OCH3 is 2. The number of ether oxygens (including phenoxy) is 4. The van der Waals surface area contributed by atoms with Gasteiger partial charge in [0, 0.05) is 30.4 Å². The molecule has 2 atom stereocenters. The molecule has 0 radical (unpaired) electrons. The number of aliphatic hydroxyl groups is 1. The lowest BCUT2D eigenvalue weighted by atomic mass is 10.2. The quantitative estimate of drug-likeness (QED) is 0.276. The van der Waals surface area contributed by atoms with Gasteiger partial charge in [-0.05, 0) is 42.7 Å². The number of benzene rings is 3. The van der Waals surface area contributed by atoms with Crippen molar-refractivity contribution in [2.24, 2.45) is 0 Å². The number of phenolic OH excluding ortho intramolecular Hbond substituents is 1. The topological polar surface area (TPSA) is 115 Å². The molecule has 0 bridgehead atoms. The molecule has 10 heteroatoms. The van der Waals surface area contributed by atoms with Crippen LogP contribution in [0.5, 0.6) is 17.2 Å². The Kier molecular flexibility index (Phi) is 10.2. The maximum atomic E-state index is 9.49. The Labute approximate surface area is 232 Å². The Bertz CT molecular complexity index is 1340. The van der Waals surface area contributed by atoms with Crippen molar-refractivity contribution in [1.29, 1.82) is 0 Å². The van der Waals surface area contributed by atoms with Gasteiger partial charge in [0.2, 0.25) is 0 Å². The highest BCUT2D eigenvalue weighted by atomic mass is 35.5. The first kappa shape index (κ1) is 28.4. The van der Waals surface area contributed by atoms with Gasteiger partial charge in [0.05, 0.1) is 43.6 Å². The second-order valence-corrected chi connectivity index (χ2v) is 9.18. The average Bonchev–Trinajstić information content (AvgIpc) is 3.62. The molecule has 3 aromatic carbocycles. The first-order chi connectivity index (χ1) is 19.0. The molecule has 3 N–H and O–H groups in total. The van der Waals surface area contributed by atoms with Gasteiger partial charge in [-0.1, -0.05) is 41.9 Å². The van der Waals surface area contributed by atoms with Gasteiger partial charge in [-0.15, -0.1) is 0 Å². The molecule has 4 aromatic rings. The summed E-state index contributed by atoms with van der Waals surface area (Å²) in [6, 6.07) is 17.9. The second kappa shape index (κ2) is 14.0. The van der Waals surface area contributed by atoms with Crippen molar-refractivity contribution in [2.75, 3.05) is 32.8 Å². The van der Waals surface area contributed by atoms with E-state index < -0.39 is 0 Å². The van der Waals surface area contributed by atoms with Gasteiger partial charge in [-0.25, -0.2) is 9.97 Å². The summed E-state index contributed by atoms with van der Waals surface area (Å²) < 4.78 is 21.3. The molecule has 1 aromatic heterocycles. The lowest BCUT2D eigenvalue weighted by Gasteiger charge is -2.12. The van der Waals surface area contributed by atoms with E-state index in [0.29, 0.717) is 40.7 Å². The van der Waals surface area contributed by atoms with Crippen LogP contribution in [-0.2, 0) is 16.1 Å². The number of hydrogen-bond acceptors (Lipinski definition) is 9. The molecule has 2 fully saturated rings. The van der Waals surface area contributed by atoms with Crippen molar-refractivity contribution >= 4 is 34.0 Å². The number of halogens is 1. The highest BCUT2D eigenvalue weighted by Gasteiger charge is 2.33. The van der Waals surface area contributed by atoms with Crippen molar-refractivity contribution in [3.05, 3.63) is 77.6 Å². The Morgan fingerprint density at radius 2 is 1.59 bits per heavy atom. The van der Waals surface area contributed by atoms with Crippen LogP contribution in [0.15, 0.2) is 67.0 Å². The van der Waals surface area contributed by atoms with E-state index in [1.807, 2.05) is 30.3 Å². The van der Waals surface area contributed by atoms with Crippen LogP contribution in [0, 0.1) is 0 Å². The van der Waals surface area contributed by atoms with E-state index >= 15 is 0 Å². The lowest BCUT2D eigenvalue weighted by Crippen LogP contribution is -2.13. The summed E-state index contributed by atoms with van der Waals surface area (Å²) in [5, 5.41) is 22.2. The van der Waals surface area contributed by atoms with E-state index in [2.05, 4.69) is 15.3 Å². The third kappa shape index (κ3) is 7.48. The number of rotatable bonds is 5. The van der Waals surface area contributed by atoms with Crippen LogP contribution in [0.3, 0.4) is 0 Å². The number of anilines is 2. The van der Waals surface area contributed by atoms with Crippen LogP contribution in [-0.4, -0.2) is 59.8 Å². The van der Waals surface area contributed by atoms with E-state index in [-0.39, 0.29) is 17.4 Å². The maximum absolute atomic E-state index is 9.49. The van der Waals surface area contributed by atoms with Gasteiger partial charge in [0.15, 0.2) is 11.5 Å². The fourth-order valence-electron chi connectivity index (χ4n) is 4.21. The lowest BCUT2D eigenvalue weighted by molar-refractivity contribution is 0.0732. The van der Waals surface area contributed by atoms with Gasteiger partial charge in [-0.2, -0.15) is 0 Å². The molecule has 206 valence electrons. The third-order valence-electron chi connectivity index (χ3n) is 6.26. The van der Waals surface area contributed by atoms with Crippen LogP contribution in [0.25, 0.3) is 10.9 Å². The van der Waals surface area contributed by atoms with E-state index in [0.717, 1.165) is 37.0 Å². The number of fused-ring (bicyclic) bond motifs is 2. The Hall–Kier alpha value is -3.63. The number of aromatic nitrogens is 2. The number of phenols is 1. The molecule has 0 unspecified atom stereocenters. The van der Waals surface area contributed by atoms with Crippen molar-refractivity contribution in [3.8, 4) is 17.2 Å². The SMILES string of the molecule is C1C[C@H]2OCC[C@H]2O1.COc1cc2ncnc(Nc3ccc(O)c(Cl)c3)c2cc1OC.OCc1ccccc1. The largest absolute Gasteiger partial charge is 0.506 e. The minimum Gasteiger partial charge on any atom is -0.506 e. The van der Waals surface area contributed by atoms with Gasteiger partial charge >= 0.3 is 0 Å². The monoisotopic (exact) mass is 553 g/mol. The highest BCUT2D eigenvalue weighted by molar-refractivity contribution is 6.32. The summed E-state index contributed by atoms with van der Waals surface area (Å²) in [6.45, 7) is 1.96. The van der Waals surface area contributed by atoms with E-state index in [9.17, 15) is 5.11 Å². The number of aliphatic hydroxyl groups excluding tert-OH is 1. The first-order valence-electron chi connectivity index (χ1n) is 12.5. The summed E-state index contributed by atoms with van der Waals surface area (Å²) in [6.07, 6.45) is 4.60. The van der Waals surface area contributed by atoms with Gasteiger partial charge in [-0.3, -0.25) is 0 Å². The summed E-state index contributed by atoms with van der Waals surface area (Å²) in [7, 11) is 3.14. The molecule has 3 heterocycles. The van der Waals surface area contributed by atoms with E-state index in [1.165, 1.54) is 12.4 Å². The Balaban J connectivity index is 0.000000177. The van der Waals surface area contributed by atoms with Gasteiger partial charge < -0.3 is 34.5 Å². The minimum atomic E-state index is 0.0242. The number of nitrogens with zero attached hydrogens (tertiary/aromatic N) is 2. The van der Waals surface area contributed by atoms with Gasteiger partial charge in [0.1, 0.15) is 17.9 Å². The zero-order valence-corrected chi connectivity index (χ0v) is 22.6. The second-order valence-electron chi connectivity index (χ2n) is 8.78. The van der Waals surface area contributed by atoms with Crippen LogP contribution in [0.4, 0.5) is 11.5 Å². The molecule has 2 aliphatic rings. The van der Waals surface area contributed by atoms with Crippen molar-refractivity contribution in [1.82, 2.24) is 9.97 Å². The van der Waals surface area contributed by atoms with Crippen LogP contribution >= 0.6 is 11.6 Å². The summed E-state index contributed by atoms with van der Waals surface area (Å²) in [5.74, 6) is 1.80. The van der Waals surface area contributed by atoms with Gasteiger partial charge in [0.25, 0.3) is 0 Å². The summed E-state index contributed by atoms with van der Waals surface area (Å²) in [4.78, 5) is 8.51. The number of hydrogen-bond donors (Lipinski definition) is 3. The molecule has 0 saturated carbocycles. The van der Waals surface area contributed by atoms with Crippen molar-refractivity contribution < 1.29 is 29.2 Å². The summed E-state index contributed by atoms with van der Waals surface area (Å²) >= 11 is 5.93. The third-order valence-corrected chi connectivity index (χ3v) is 6.56. The Morgan fingerprint density at radius 1 is 0.923 bits per heavy atom. The highest BCUT2D eigenvalue weighted by Crippen LogP contribution is 2.35. The molecular weight excluding hydrogens is 522 g/mol. The minimum absolute atomic E-state index is 0.0242. The number of nitrogens with one attached hydrogen (secondary N) is 1. The normalized spacial score (nSPS) is 17.3. The molecule has 6 rings (SSSR count). The smallest absolute Gasteiger partial charge is 0.162 e. The average molecular weight is 554 g/mol. The molecule has 39 heavy (non-hydrogen) atoms. The molecule has 0 aliphatic carbocycles. The van der Waals surface area contributed by atoms with Crippen LogP contribution < -0.4 is 14.8 Å².